The van der Waals surface area contributed by atoms with Gasteiger partial charge in [0.05, 0.1) is 0 Å². The van der Waals surface area contributed by atoms with E-state index in [9.17, 15) is 4.79 Å². The molecule has 1 aliphatic carbocycles. The largest absolute Gasteiger partial charge is 0.366 e. The van der Waals surface area contributed by atoms with Crippen LogP contribution in [0.15, 0.2) is 42.5 Å². The molecule has 0 spiro atoms. The Hall–Kier alpha value is -1.84. The molecule has 2 aromatic rings. The maximum atomic E-state index is 11.2. The zero-order valence-electron chi connectivity index (χ0n) is 11.6. The Kier molecular flexibility index (Phi) is 3.95. The molecular formula is C17H17ClN2O. The molecule has 0 fully saturated rings. The Morgan fingerprint density at radius 2 is 2.00 bits per heavy atom. The Morgan fingerprint density at radius 3 is 2.81 bits per heavy atom. The van der Waals surface area contributed by atoms with Gasteiger partial charge in [0.15, 0.2) is 0 Å². The highest BCUT2D eigenvalue weighted by atomic mass is 35.5. The van der Waals surface area contributed by atoms with Crippen molar-refractivity contribution in [2.75, 3.05) is 0 Å². The van der Waals surface area contributed by atoms with Crippen molar-refractivity contribution >= 4 is 17.5 Å². The van der Waals surface area contributed by atoms with Gasteiger partial charge in [0, 0.05) is 23.2 Å². The molecule has 1 aliphatic rings. The number of nitrogens with two attached hydrogens (primary N) is 1. The standard InChI is InChI=1S/C17H17ClN2O/c18-15-5-4-12-8-16(9-14(12)7-15)20-10-11-2-1-3-13(6-11)17(19)21/h1-7,16,20H,8-10H2,(H2,19,21). The minimum atomic E-state index is -0.389. The van der Waals surface area contributed by atoms with Crippen LogP contribution >= 0.6 is 11.6 Å². The van der Waals surface area contributed by atoms with Gasteiger partial charge in [-0.05, 0) is 53.8 Å². The summed E-state index contributed by atoms with van der Waals surface area (Å²) in [7, 11) is 0. The van der Waals surface area contributed by atoms with E-state index in [0.717, 1.165) is 30.0 Å². The van der Waals surface area contributed by atoms with Gasteiger partial charge in [-0.15, -0.1) is 0 Å². The number of hydrogen-bond donors (Lipinski definition) is 2. The normalized spacial score (nSPS) is 16.7. The number of rotatable bonds is 4. The van der Waals surface area contributed by atoms with Gasteiger partial charge in [-0.3, -0.25) is 4.79 Å². The Labute approximate surface area is 129 Å². The van der Waals surface area contributed by atoms with E-state index in [1.54, 1.807) is 6.07 Å². The highest BCUT2D eigenvalue weighted by Crippen LogP contribution is 2.25. The van der Waals surface area contributed by atoms with E-state index in [4.69, 9.17) is 17.3 Å². The fourth-order valence-corrected chi connectivity index (χ4v) is 3.02. The average molecular weight is 301 g/mol. The van der Waals surface area contributed by atoms with Crippen LogP contribution in [0, 0.1) is 0 Å². The molecule has 0 saturated carbocycles. The molecule has 1 amide bonds. The zero-order valence-corrected chi connectivity index (χ0v) is 12.4. The van der Waals surface area contributed by atoms with Gasteiger partial charge in [-0.25, -0.2) is 0 Å². The van der Waals surface area contributed by atoms with Crippen molar-refractivity contribution in [2.45, 2.75) is 25.4 Å². The SMILES string of the molecule is NC(=O)c1cccc(CNC2Cc3ccc(Cl)cc3C2)c1. The quantitative estimate of drug-likeness (QED) is 0.912. The third-order valence-electron chi connectivity index (χ3n) is 3.91. The van der Waals surface area contributed by atoms with Gasteiger partial charge >= 0.3 is 0 Å². The van der Waals surface area contributed by atoms with Crippen LogP contribution in [0.2, 0.25) is 5.02 Å². The second-order valence-corrected chi connectivity index (χ2v) is 5.90. The number of hydrogen-bond acceptors (Lipinski definition) is 2. The molecule has 3 N–H and O–H groups in total. The van der Waals surface area contributed by atoms with Crippen LogP contribution in [-0.4, -0.2) is 11.9 Å². The molecule has 0 aliphatic heterocycles. The first-order chi connectivity index (χ1) is 10.1. The summed E-state index contributed by atoms with van der Waals surface area (Å²) in [5.41, 5.74) is 9.61. The highest BCUT2D eigenvalue weighted by Gasteiger charge is 2.20. The molecule has 1 atom stereocenters. The van der Waals surface area contributed by atoms with Gasteiger partial charge in [-0.2, -0.15) is 0 Å². The number of halogens is 1. The molecule has 3 nitrogen and oxygen atoms in total. The molecule has 2 aromatic carbocycles. The fraction of sp³-hybridized carbons (Fsp3) is 0.235. The number of primary amides is 1. The van der Waals surface area contributed by atoms with Crippen molar-refractivity contribution in [1.29, 1.82) is 0 Å². The summed E-state index contributed by atoms with van der Waals surface area (Å²) in [6.45, 7) is 0.730. The fourth-order valence-electron chi connectivity index (χ4n) is 2.83. The van der Waals surface area contributed by atoms with E-state index in [1.807, 2.05) is 30.3 Å². The van der Waals surface area contributed by atoms with Crippen molar-refractivity contribution in [3.63, 3.8) is 0 Å². The lowest BCUT2D eigenvalue weighted by Gasteiger charge is -2.12. The van der Waals surface area contributed by atoms with E-state index in [0.29, 0.717) is 11.6 Å². The van der Waals surface area contributed by atoms with Crippen LogP contribution < -0.4 is 11.1 Å². The molecule has 0 aromatic heterocycles. The van der Waals surface area contributed by atoms with Crippen LogP contribution in [0.3, 0.4) is 0 Å². The van der Waals surface area contributed by atoms with Crippen LogP contribution in [0.25, 0.3) is 0 Å². The van der Waals surface area contributed by atoms with E-state index >= 15 is 0 Å². The van der Waals surface area contributed by atoms with E-state index in [1.165, 1.54) is 11.1 Å². The summed E-state index contributed by atoms with van der Waals surface area (Å²) < 4.78 is 0. The number of carbonyl (C=O) groups excluding carboxylic acids is 1. The number of amides is 1. The van der Waals surface area contributed by atoms with Crippen molar-refractivity contribution in [3.8, 4) is 0 Å². The third-order valence-corrected chi connectivity index (χ3v) is 4.14. The van der Waals surface area contributed by atoms with E-state index in [2.05, 4.69) is 11.4 Å². The summed E-state index contributed by atoms with van der Waals surface area (Å²) >= 11 is 6.03. The number of benzene rings is 2. The number of nitrogens with one attached hydrogen (secondary N) is 1. The van der Waals surface area contributed by atoms with Crippen LogP contribution in [0.4, 0.5) is 0 Å². The van der Waals surface area contributed by atoms with E-state index in [-0.39, 0.29) is 5.91 Å². The molecule has 3 rings (SSSR count). The van der Waals surface area contributed by atoms with Gasteiger partial charge in [0.1, 0.15) is 0 Å². The number of fused-ring (bicyclic) bond motifs is 1. The lowest BCUT2D eigenvalue weighted by atomic mass is 10.1. The number of carbonyl (C=O) groups is 1. The van der Waals surface area contributed by atoms with Crippen LogP contribution in [0.5, 0.6) is 0 Å². The molecule has 1 unspecified atom stereocenters. The average Bonchev–Trinajstić information content (AvgIpc) is 2.87. The molecule has 21 heavy (non-hydrogen) atoms. The van der Waals surface area contributed by atoms with Crippen molar-refractivity contribution in [3.05, 3.63) is 69.7 Å². The van der Waals surface area contributed by atoms with Gasteiger partial charge in [-0.1, -0.05) is 29.8 Å². The summed E-state index contributed by atoms with van der Waals surface area (Å²) in [5.74, 6) is -0.389. The second kappa shape index (κ2) is 5.88. The first-order valence-electron chi connectivity index (χ1n) is 7.01. The Morgan fingerprint density at radius 1 is 1.19 bits per heavy atom. The summed E-state index contributed by atoms with van der Waals surface area (Å²) in [6.07, 6.45) is 2.01. The first-order valence-corrected chi connectivity index (χ1v) is 7.39. The van der Waals surface area contributed by atoms with Gasteiger partial charge < -0.3 is 11.1 Å². The zero-order chi connectivity index (χ0) is 14.8. The Bertz CT molecular complexity index is 684. The summed E-state index contributed by atoms with van der Waals surface area (Å²) in [5, 5.41) is 4.33. The predicted molar refractivity (Wildman–Crippen MR) is 84.4 cm³/mol. The molecular weight excluding hydrogens is 284 g/mol. The van der Waals surface area contributed by atoms with Crippen LogP contribution in [-0.2, 0) is 19.4 Å². The molecule has 0 heterocycles. The van der Waals surface area contributed by atoms with Crippen molar-refractivity contribution in [2.24, 2.45) is 5.73 Å². The summed E-state index contributed by atoms with van der Waals surface area (Å²) in [6, 6.07) is 13.9. The highest BCUT2D eigenvalue weighted by molar-refractivity contribution is 6.30. The maximum absolute atomic E-state index is 11.2. The maximum Gasteiger partial charge on any atom is 0.248 e. The monoisotopic (exact) mass is 300 g/mol. The summed E-state index contributed by atoms with van der Waals surface area (Å²) in [4.78, 5) is 11.2. The predicted octanol–water partition coefficient (Wildman–Crippen LogP) is 2.70. The lowest BCUT2D eigenvalue weighted by molar-refractivity contribution is 0.1000. The molecule has 0 bridgehead atoms. The van der Waals surface area contributed by atoms with Crippen molar-refractivity contribution < 1.29 is 4.79 Å². The van der Waals surface area contributed by atoms with Crippen molar-refractivity contribution in [1.82, 2.24) is 5.32 Å². The molecule has 4 heteroatoms. The third kappa shape index (κ3) is 3.26. The molecule has 0 saturated heterocycles. The smallest absolute Gasteiger partial charge is 0.248 e. The molecule has 108 valence electrons. The topological polar surface area (TPSA) is 55.1 Å². The van der Waals surface area contributed by atoms with E-state index < -0.39 is 0 Å². The van der Waals surface area contributed by atoms with Gasteiger partial charge in [0.25, 0.3) is 0 Å². The minimum Gasteiger partial charge on any atom is -0.366 e. The Balaban J connectivity index is 1.62. The minimum absolute atomic E-state index is 0.389. The second-order valence-electron chi connectivity index (χ2n) is 5.46. The van der Waals surface area contributed by atoms with Crippen LogP contribution in [0.1, 0.15) is 27.0 Å². The molecule has 0 radical (unpaired) electrons. The first kappa shape index (κ1) is 14.1. The van der Waals surface area contributed by atoms with Gasteiger partial charge in [0.2, 0.25) is 5.91 Å². The lowest BCUT2D eigenvalue weighted by Crippen LogP contribution is -2.29.